The van der Waals surface area contributed by atoms with Crippen LogP contribution in [0.4, 0.5) is 0 Å². The van der Waals surface area contributed by atoms with E-state index in [1.54, 1.807) is 0 Å². The Bertz CT molecular complexity index is 757. The summed E-state index contributed by atoms with van der Waals surface area (Å²) in [5.41, 5.74) is 7.56. The molecule has 3 atom stereocenters. The third-order valence-electron chi connectivity index (χ3n) is 8.57. The highest BCUT2D eigenvalue weighted by Crippen LogP contribution is 2.56. The van der Waals surface area contributed by atoms with Crippen LogP contribution in [-0.2, 0) is 15.1 Å². The minimum Gasteiger partial charge on any atom is -0.381 e. The zero-order chi connectivity index (χ0) is 20.1. The first kappa shape index (κ1) is 22.1. The van der Waals surface area contributed by atoms with Gasteiger partial charge in [-0.3, -0.25) is 9.69 Å². The molecule has 2 aliphatic carbocycles. The van der Waals surface area contributed by atoms with Crippen molar-refractivity contribution in [1.29, 1.82) is 0 Å². The summed E-state index contributed by atoms with van der Waals surface area (Å²) in [7, 11) is 1.86. The lowest BCUT2D eigenvalue weighted by molar-refractivity contribution is -0.188. The second kappa shape index (κ2) is 8.42. The number of hydrogen-bond acceptors (Lipinski definition) is 4. The SMILES string of the molecule is CO[C@]1(c2cccc(C(N)=O)c2)[C@@H]2CCC[C@H]1CN(C1CC3(CCOCC3)C1)C2.Cl. The molecule has 2 aliphatic heterocycles. The van der Waals surface area contributed by atoms with E-state index in [2.05, 4.69) is 11.0 Å². The Balaban J connectivity index is 0.00000218. The lowest BCUT2D eigenvalue weighted by atomic mass is 9.58. The van der Waals surface area contributed by atoms with E-state index in [-0.39, 0.29) is 23.9 Å². The van der Waals surface area contributed by atoms with E-state index in [9.17, 15) is 4.79 Å². The van der Waals surface area contributed by atoms with Crippen molar-refractivity contribution in [3.63, 3.8) is 0 Å². The molecule has 0 radical (unpaired) electrons. The summed E-state index contributed by atoms with van der Waals surface area (Å²) in [4.78, 5) is 14.5. The smallest absolute Gasteiger partial charge is 0.248 e. The fraction of sp³-hybridized carbons (Fsp3) is 0.708. The number of fused-ring (bicyclic) bond motifs is 2. The molecular formula is C24H35ClN2O3. The van der Waals surface area contributed by atoms with Crippen LogP contribution in [-0.4, -0.2) is 50.3 Å². The van der Waals surface area contributed by atoms with Crippen LogP contribution in [0.3, 0.4) is 0 Å². The van der Waals surface area contributed by atoms with E-state index in [1.807, 2.05) is 25.3 Å². The summed E-state index contributed by atoms with van der Waals surface area (Å²) >= 11 is 0. The van der Waals surface area contributed by atoms with E-state index in [1.165, 1.54) is 44.9 Å². The summed E-state index contributed by atoms with van der Waals surface area (Å²) in [6, 6.07) is 8.61. The molecule has 2 saturated carbocycles. The number of nitrogens with two attached hydrogens (primary N) is 1. The third kappa shape index (κ3) is 3.48. The number of carbonyl (C=O) groups is 1. The molecule has 0 unspecified atom stereocenters. The van der Waals surface area contributed by atoms with Gasteiger partial charge in [0.05, 0.1) is 0 Å². The molecule has 4 aliphatic rings. The number of amides is 1. The molecular weight excluding hydrogens is 400 g/mol. The van der Waals surface area contributed by atoms with Gasteiger partial charge in [-0.2, -0.15) is 0 Å². The van der Waals surface area contributed by atoms with E-state index < -0.39 is 0 Å². The number of ether oxygens (including phenoxy) is 2. The van der Waals surface area contributed by atoms with Crippen LogP contribution in [0.2, 0.25) is 0 Å². The van der Waals surface area contributed by atoms with Crippen molar-refractivity contribution in [2.45, 2.75) is 56.6 Å². The highest BCUT2D eigenvalue weighted by Gasteiger charge is 2.56. The number of benzene rings is 1. The van der Waals surface area contributed by atoms with Gasteiger partial charge < -0.3 is 15.2 Å². The largest absolute Gasteiger partial charge is 0.381 e. The van der Waals surface area contributed by atoms with Gasteiger partial charge >= 0.3 is 0 Å². The third-order valence-corrected chi connectivity index (χ3v) is 8.57. The van der Waals surface area contributed by atoms with Crippen molar-refractivity contribution in [2.24, 2.45) is 23.0 Å². The summed E-state index contributed by atoms with van der Waals surface area (Å²) in [6.45, 7) is 4.09. The maximum absolute atomic E-state index is 11.8. The number of methoxy groups -OCH3 is 1. The number of hydrogen-bond donors (Lipinski definition) is 1. The lowest BCUT2D eigenvalue weighted by Gasteiger charge is -2.61. The standard InChI is InChI=1S/C24H34N2O3.ClH/c1-28-24(18-5-2-4-17(12-18)22(25)27)19-6-3-7-20(24)16-26(15-19)21-13-23(14-21)8-10-29-11-9-23;/h2,4-5,12,19-21H,3,6-11,13-16H2,1H3,(H2,25,27);1H/t19-,20+,24-;. The number of rotatable bonds is 4. The van der Waals surface area contributed by atoms with Crippen LogP contribution in [0.15, 0.2) is 24.3 Å². The van der Waals surface area contributed by atoms with Gasteiger partial charge in [-0.15, -0.1) is 12.4 Å². The van der Waals surface area contributed by atoms with Crippen LogP contribution in [0, 0.1) is 17.3 Å². The second-order valence-electron chi connectivity index (χ2n) is 9.90. The van der Waals surface area contributed by atoms with Crippen molar-refractivity contribution in [1.82, 2.24) is 4.90 Å². The van der Waals surface area contributed by atoms with E-state index in [0.29, 0.717) is 22.8 Å². The Labute approximate surface area is 186 Å². The minimum atomic E-state index is -0.364. The Morgan fingerprint density at radius 1 is 1.17 bits per heavy atom. The fourth-order valence-corrected chi connectivity index (χ4v) is 7.01. The molecule has 2 saturated heterocycles. The summed E-state index contributed by atoms with van der Waals surface area (Å²) in [5.74, 6) is 0.570. The van der Waals surface area contributed by atoms with Crippen molar-refractivity contribution in [3.8, 4) is 0 Å². The molecule has 6 heteroatoms. The lowest BCUT2D eigenvalue weighted by Crippen LogP contribution is -2.64. The molecule has 30 heavy (non-hydrogen) atoms. The van der Waals surface area contributed by atoms with Crippen LogP contribution in [0.5, 0.6) is 0 Å². The predicted octanol–water partition coefficient (Wildman–Crippen LogP) is 3.74. The average Bonchev–Trinajstić information content (AvgIpc) is 2.71. The van der Waals surface area contributed by atoms with Gasteiger partial charge in [0.15, 0.2) is 0 Å². The molecule has 166 valence electrons. The number of piperidine rings is 1. The Kier molecular flexibility index (Phi) is 6.19. The van der Waals surface area contributed by atoms with Gasteiger partial charge in [-0.25, -0.2) is 0 Å². The second-order valence-corrected chi connectivity index (χ2v) is 9.90. The predicted molar refractivity (Wildman–Crippen MR) is 119 cm³/mol. The van der Waals surface area contributed by atoms with Gasteiger partial charge in [-0.05, 0) is 61.6 Å². The van der Waals surface area contributed by atoms with Gasteiger partial charge in [-0.1, -0.05) is 18.6 Å². The first-order valence-corrected chi connectivity index (χ1v) is 11.3. The van der Waals surface area contributed by atoms with Crippen LogP contribution in [0.1, 0.15) is 60.9 Å². The Morgan fingerprint density at radius 2 is 1.83 bits per heavy atom. The highest BCUT2D eigenvalue weighted by molar-refractivity contribution is 5.92. The average molecular weight is 435 g/mol. The first-order valence-electron chi connectivity index (χ1n) is 11.3. The van der Waals surface area contributed by atoms with Gasteiger partial charge in [0, 0.05) is 56.9 Å². The molecule has 1 aromatic carbocycles. The van der Waals surface area contributed by atoms with Crippen molar-refractivity contribution >= 4 is 18.3 Å². The fourth-order valence-electron chi connectivity index (χ4n) is 7.01. The van der Waals surface area contributed by atoms with Crippen molar-refractivity contribution in [2.75, 3.05) is 33.4 Å². The van der Waals surface area contributed by atoms with Gasteiger partial charge in [0.1, 0.15) is 5.60 Å². The number of halogens is 1. The quantitative estimate of drug-likeness (QED) is 0.783. The van der Waals surface area contributed by atoms with Crippen molar-refractivity contribution < 1.29 is 14.3 Å². The zero-order valence-electron chi connectivity index (χ0n) is 18.0. The normalized spacial score (nSPS) is 33.5. The molecule has 0 aromatic heterocycles. The number of nitrogens with zero attached hydrogens (tertiary/aromatic N) is 1. The zero-order valence-corrected chi connectivity index (χ0v) is 18.8. The molecule has 2 heterocycles. The van der Waals surface area contributed by atoms with Crippen molar-refractivity contribution in [3.05, 3.63) is 35.4 Å². The monoisotopic (exact) mass is 434 g/mol. The van der Waals surface area contributed by atoms with E-state index >= 15 is 0 Å². The molecule has 4 fully saturated rings. The Morgan fingerprint density at radius 3 is 2.43 bits per heavy atom. The Hall–Kier alpha value is -1.14. The molecule has 5 rings (SSSR count). The molecule has 5 nitrogen and oxygen atoms in total. The molecule has 2 N–H and O–H groups in total. The summed E-state index contributed by atoms with van der Waals surface area (Å²) < 4.78 is 12.0. The van der Waals surface area contributed by atoms with E-state index in [4.69, 9.17) is 15.2 Å². The topological polar surface area (TPSA) is 64.8 Å². The summed E-state index contributed by atoms with van der Waals surface area (Å²) in [6.07, 6.45) is 8.81. The molecule has 2 bridgehead atoms. The molecule has 1 spiro atoms. The highest BCUT2D eigenvalue weighted by atomic mass is 35.5. The maximum Gasteiger partial charge on any atom is 0.248 e. The minimum absolute atomic E-state index is 0. The molecule has 1 aromatic rings. The summed E-state index contributed by atoms with van der Waals surface area (Å²) in [5, 5.41) is 0. The van der Waals surface area contributed by atoms with Crippen LogP contribution < -0.4 is 5.73 Å². The first-order chi connectivity index (χ1) is 14.1. The maximum atomic E-state index is 11.8. The number of likely N-dealkylation sites (tertiary alicyclic amines) is 1. The van der Waals surface area contributed by atoms with Crippen LogP contribution in [0.25, 0.3) is 0 Å². The van der Waals surface area contributed by atoms with Gasteiger partial charge in [0.2, 0.25) is 5.91 Å². The molecule has 1 amide bonds. The van der Waals surface area contributed by atoms with Crippen LogP contribution >= 0.6 is 12.4 Å². The number of primary amides is 1. The number of carbonyl (C=O) groups excluding carboxylic acids is 1. The van der Waals surface area contributed by atoms with E-state index in [0.717, 1.165) is 37.9 Å². The van der Waals surface area contributed by atoms with Gasteiger partial charge in [0.25, 0.3) is 0 Å².